The minimum Gasteiger partial charge on any atom is -0.480 e. The summed E-state index contributed by atoms with van der Waals surface area (Å²) in [5.74, 6) is -1.67. The number of hydrogen-bond acceptors (Lipinski definition) is 5. The van der Waals surface area contributed by atoms with Crippen LogP contribution in [0, 0.1) is 0 Å². The minimum absolute atomic E-state index is 0.0897. The molecule has 0 aliphatic heterocycles. The molecule has 1 atom stereocenters. The summed E-state index contributed by atoms with van der Waals surface area (Å²) in [4.78, 5) is 38.2. The summed E-state index contributed by atoms with van der Waals surface area (Å²) in [5, 5.41) is 11.9. The Labute approximate surface area is 199 Å². The van der Waals surface area contributed by atoms with Gasteiger partial charge in [0, 0.05) is 19.6 Å². The smallest absolute Gasteiger partial charge is 0.407 e. The first-order valence-corrected chi connectivity index (χ1v) is 11.6. The van der Waals surface area contributed by atoms with Gasteiger partial charge in [0.2, 0.25) is 5.91 Å². The van der Waals surface area contributed by atoms with E-state index in [1.54, 1.807) is 0 Å². The van der Waals surface area contributed by atoms with Crippen molar-refractivity contribution in [3.05, 3.63) is 59.7 Å². The van der Waals surface area contributed by atoms with E-state index in [4.69, 9.17) is 9.47 Å². The SMILES string of the molecule is CCCC[C@H](NC(=O)OCC1c2ccccc2-c2ccccc21)C(=O)N(CCOC)CC(=O)O. The number of alkyl carbamates (subject to hydrolysis) is 1. The van der Waals surface area contributed by atoms with E-state index >= 15 is 0 Å². The van der Waals surface area contributed by atoms with Crippen molar-refractivity contribution in [2.24, 2.45) is 0 Å². The van der Waals surface area contributed by atoms with Gasteiger partial charge in [0.15, 0.2) is 0 Å². The van der Waals surface area contributed by atoms with Crippen molar-refractivity contribution in [1.29, 1.82) is 0 Å². The summed E-state index contributed by atoms with van der Waals surface area (Å²) in [7, 11) is 1.48. The van der Waals surface area contributed by atoms with Crippen LogP contribution >= 0.6 is 0 Å². The van der Waals surface area contributed by atoms with Gasteiger partial charge in [0.05, 0.1) is 6.61 Å². The molecule has 0 bridgehead atoms. The fourth-order valence-corrected chi connectivity index (χ4v) is 4.30. The van der Waals surface area contributed by atoms with Gasteiger partial charge in [-0.1, -0.05) is 68.3 Å². The van der Waals surface area contributed by atoms with Crippen molar-refractivity contribution >= 4 is 18.0 Å². The molecule has 0 spiro atoms. The van der Waals surface area contributed by atoms with Crippen LogP contribution in [0.25, 0.3) is 11.1 Å². The van der Waals surface area contributed by atoms with Gasteiger partial charge in [-0.15, -0.1) is 0 Å². The first-order chi connectivity index (χ1) is 16.5. The zero-order valence-electron chi connectivity index (χ0n) is 19.7. The largest absolute Gasteiger partial charge is 0.480 e. The number of ether oxygens (including phenoxy) is 2. The molecule has 182 valence electrons. The van der Waals surface area contributed by atoms with Crippen LogP contribution in [0.3, 0.4) is 0 Å². The Bertz CT molecular complexity index is 963. The lowest BCUT2D eigenvalue weighted by atomic mass is 9.98. The highest BCUT2D eigenvalue weighted by atomic mass is 16.5. The highest BCUT2D eigenvalue weighted by molar-refractivity contribution is 5.88. The van der Waals surface area contributed by atoms with Crippen LogP contribution in [0.15, 0.2) is 48.5 Å². The fraction of sp³-hybridized carbons (Fsp3) is 0.423. The van der Waals surface area contributed by atoms with Crippen LogP contribution in [-0.2, 0) is 19.1 Å². The van der Waals surface area contributed by atoms with Crippen molar-refractivity contribution in [3.8, 4) is 11.1 Å². The van der Waals surface area contributed by atoms with E-state index in [2.05, 4.69) is 17.4 Å². The van der Waals surface area contributed by atoms with Gasteiger partial charge in [0.25, 0.3) is 0 Å². The molecule has 3 rings (SSSR count). The average molecular weight is 469 g/mol. The first kappa shape index (κ1) is 25.2. The molecule has 0 fully saturated rings. The third-order valence-corrected chi connectivity index (χ3v) is 5.98. The quantitative estimate of drug-likeness (QED) is 0.493. The molecule has 0 saturated carbocycles. The number of nitrogens with zero attached hydrogens (tertiary/aromatic N) is 1. The Hall–Kier alpha value is -3.39. The van der Waals surface area contributed by atoms with Crippen LogP contribution < -0.4 is 5.32 Å². The number of benzene rings is 2. The number of rotatable bonds is 12. The monoisotopic (exact) mass is 468 g/mol. The van der Waals surface area contributed by atoms with Gasteiger partial charge in [-0.25, -0.2) is 4.79 Å². The predicted octanol–water partition coefficient (Wildman–Crippen LogP) is 3.64. The lowest BCUT2D eigenvalue weighted by Crippen LogP contribution is -2.51. The summed E-state index contributed by atoms with van der Waals surface area (Å²) < 4.78 is 10.6. The van der Waals surface area contributed by atoms with Crippen molar-refractivity contribution < 1.29 is 29.0 Å². The van der Waals surface area contributed by atoms with E-state index in [0.717, 1.165) is 28.7 Å². The summed E-state index contributed by atoms with van der Waals surface area (Å²) in [6.07, 6.45) is 1.22. The van der Waals surface area contributed by atoms with E-state index in [-0.39, 0.29) is 25.7 Å². The van der Waals surface area contributed by atoms with E-state index in [9.17, 15) is 19.5 Å². The summed E-state index contributed by atoms with van der Waals surface area (Å²) >= 11 is 0. The highest BCUT2D eigenvalue weighted by Crippen LogP contribution is 2.44. The number of nitrogens with one attached hydrogen (secondary N) is 1. The van der Waals surface area contributed by atoms with Gasteiger partial charge < -0.3 is 24.8 Å². The average Bonchev–Trinajstić information content (AvgIpc) is 3.16. The molecule has 2 amide bonds. The second kappa shape index (κ2) is 12.2. The number of hydrogen-bond donors (Lipinski definition) is 2. The molecule has 0 radical (unpaired) electrons. The van der Waals surface area contributed by atoms with Crippen LogP contribution in [-0.4, -0.2) is 67.4 Å². The molecule has 2 N–H and O–H groups in total. The normalized spacial score (nSPS) is 13.0. The Morgan fingerprint density at radius 2 is 1.68 bits per heavy atom. The Kier molecular flexibility index (Phi) is 9.04. The molecule has 1 aliphatic carbocycles. The number of unbranched alkanes of at least 4 members (excludes halogenated alkanes) is 1. The van der Waals surface area contributed by atoms with Crippen molar-refractivity contribution in [3.63, 3.8) is 0 Å². The predicted molar refractivity (Wildman–Crippen MR) is 128 cm³/mol. The number of aliphatic carboxylic acids is 1. The molecule has 0 unspecified atom stereocenters. The topological polar surface area (TPSA) is 105 Å². The lowest BCUT2D eigenvalue weighted by molar-refractivity contribution is -0.145. The van der Waals surface area contributed by atoms with Crippen LogP contribution in [0.5, 0.6) is 0 Å². The third kappa shape index (κ3) is 6.14. The second-order valence-electron chi connectivity index (χ2n) is 8.31. The first-order valence-electron chi connectivity index (χ1n) is 11.6. The van der Waals surface area contributed by atoms with Crippen molar-refractivity contribution in [1.82, 2.24) is 10.2 Å². The summed E-state index contributed by atoms with van der Waals surface area (Å²) in [6.45, 7) is 1.98. The number of methoxy groups -OCH3 is 1. The van der Waals surface area contributed by atoms with Crippen molar-refractivity contribution in [2.75, 3.05) is 33.4 Å². The van der Waals surface area contributed by atoms with Gasteiger partial charge in [0.1, 0.15) is 19.2 Å². The zero-order valence-corrected chi connectivity index (χ0v) is 19.7. The molecule has 0 heterocycles. The van der Waals surface area contributed by atoms with Gasteiger partial charge in [-0.3, -0.25) is 9.59 Å². The number of carboxylic acids is 1. The summed E-state index contributed by atoms with van der Waals surface area (Å²) in [6, 6.07) is 15.2. The Morgan fingerprint density at radius 1 is 1.06 bits per heavy atom. The minimum atomic E-state index is -1.13. The third-order valence-electron chi connectivity index (χ3n) is 5.98. The zero-order chi connectivity index (χ0) is 24.5. The Balaban J connectivity index is 1.68. The summed E-state index contributed by atoms with van der Waals surface area (Å²) in [5.41, 5.74) is 4.46. The molecular weight excluding hydrogens is 436 g/mol. The molecule has 0 aromatic heterocycles. The fourth-order valence-electron chi connectivity index (χ4n) is 4.30. The van der Waals surface area contributed by atoms with E-state index < -0.39 is 30.6 Å². The van der Waals surface area contributed by atoms with Crippen LogP contribution in [0.2, 0.25) is 0 Å². The molecule has 8 heteroatoms. The maximum absolute atomic E-state index is 13.1. The maximum atomic E-state index is 13.1. The van der Waals surface area contributed by atoms with Gasteiger partial charge >= 0.3 is 12.1 Å². The molecule has 2 aromatic rings. The lowest BCUT2D eigenvalue weighted by Gasteiger charge is -2.26. The molecule has 1 aliphatic rings. The van der Waals surface area contributed by atoms with E-state index in [1.165, 1.54) is 12.0 Å². The second-order valence-corrected chi connectivity index (χ2v) is 8.31. The molecule has 34 heavy (non-hydrogen) atoms. The molecule has 8 nitrogen and oxygen atoms in total. The van der Waals surface area contributed by atoms with Gasteiger partial charge in [-0.2, -0.15) is 0 Å². The van der Waals surface area contributed by atoms with E-state index in [1.807, 2.05) is 43.3 Å². The van der Waals surface area contributed by atoms with Gasteiger partial charge in [-0.05, 0) is 28.7 Å². The highest BCUT2D eigenvalue weighted by Gasteiger charge is 2.31. The molecule has 0 saturated heterocycles. The van der Waals surface area contributed by atoms with Crippen LogP contribution in [0.4, 0.5) is 4.79 Å². The van der Waals surface area contributed by atoms with E-state index in [0.29, 0.717) is 12.8 Å². The number of carbonyl (C=O) groups is 3. The van der Waals surface area contributed by atoms with Crippen LogP contribution in [0.1, 0.15) is 43.2 Å². The van der Waals surface area contributed by atoms with Crippen molar-refractivity contribution in [2.45, 2.75) is 38.1 Å². The molecule has 2 aromatic carbocycles. The number of amides is 2. The number of carbonyl (C=O) groups excluding carboxylic acids is 2. The Morgan fingerprint density at radius 3 is 2.24 bits per heavy atom. The number of fused-ring (bicyclic) bond motifs is 3. The maximum Gasteiger partial charge on any atom is 0.407 e. The molecular formula is C26H32N2O6. The number of carboxylic acid groups (broad SMARTS) is 1. The standard InChI is InChI=1S/C26H32N2O6/c1-3-4-13-23(25(31)28(14-15-33-2)16-24(29)30)27-26(32)34-17-22-20-11-7-5-9-18(20)19-10-6-8-12-21(19)22/h5-12,22-23H,3-4,13-17H2,1-2H3,(H,27,32)(H,29,30)/t23-/m0/s1.